The molecular formula is C10H5N3O3. The lowest BCUT2D eigenvalue weighted by molar-refractivity contribution is -0.385. The molecule has 0 amide bonds. The Labute approximate surface area is 90.5 Å². The van der Waals surface area contributed by atoms with E-state index in [1.165, 1.54) is 6.07 Å². The smallest absolute Gasteiger partial charge is 0.274 e. The van der Waals surface area contributed by atoms with E-state index in [2.05, 4.69) is 0 Å². The highest BCUT2D eigenvalue weighted by atomic mass is 16.6. The van der Waals surface area contributed by atoms with E-state index in [1.807, 2.05) is 0 Å². The van der Waals surface area contributed by atoms with Gasteiger partial charge in [-0.3, -0.25) is 10.1 Å². The maximum Gasteiger partial charge on any atom is 0.274 e. The number of nitro benzene ring substituents is 1. The maximum absolute atomic E-state index is 10.7. The van der Waals surface area contributed by atoms with Crippen LogP contribution in [0.1, 0.15) is 16.7 Å². The first kappa shape index (κ1) is 11.3. The highest BCUT2D eigenvalue weighted by Crippen LogP contribution is 2.23. The number of hydrogen-bond donors (Lipinski definition) is 0. The number of benzene rings is 1. The predicted octanol–water partition coefficient (Wildman–Crippen LogP) is 1.08. The Bertz CT molecular complexity index is 537. The quantitative estimate of drug-likeness (QED) is 0.425. The zero-order chi connectivity index (χ0) is 12.1. The van der Waals surface area contributed by atoms with Crippen LogP contribution in [0.4, 0.5) is 5.69 Å². The molecular weight excluding hydrogens is 210 g/mol. The predicted molar refractivity (Wildman–Crippen MR) is 52.3 cm³/mol. The average Bonchev–Trinajstić information content (AvgIpc) is 2.28. The van der Waals surface area contributed by atoms with Crippen molar-refractivity contribution in [3.63, 3.8) is 0 Å². The average molecular weight is 215 g/mol. The second-order valence-corrected chi connectivity index (χ2v) is 2.88. The summed E-state index contributed by atoms with van der Waals surface area (Å²) in [6.45, 7) is 0. The van der Waals surface area contributed by atoms with Crippen LogP contribution in [0.5, 0.6) is 0 Å². The molecule has 0 aromatic heterocycles. The molecule has 0 bridgehead atoms. The van der Waals surface area contributed by atoms with E-state index < -0.39 is 4.92 Å². The summed E-state index contributed by atoms with van der Waals surface area (Å²) in [5.41, 5.74) is -0.216. The van der Waals surface area contributed by atoms with Gasteiger partial charge in [-0.1, -0.05) is 0 Å². The number of carbonyl (C=O) groups excluding carboxylic acids is 1. The molecule has 0 heterocycles. The summed E-state index contributed by atoms with van der Waals surface area (Å²) in [5.74, 6) is 0. The van der Waals surface area contributed by atoms with E-state index in [-0.39, 0.29) is 28.8 Å². The number of rotatable bonds is 3. The van der Waals surface area contributed by atoms with Gasteiger partial charge in [0.05, 0.1) is 16.1 Å². The normalized spacial score (nSPS) is 8.88. The van der Waals surface area contributed by atoms with Crippen molar-refractivity contribution in [1.29, 1.82) is 10.5 Å². The second kappa shape index (κ2) is 4.67. The third-order valence-electron chi connectivity index (χ3n) is 1.96. The summed E-state index contributed by atoms with van der Waals surface area (Å²) >= 11 is 0. The van der Waals surface area contributed by atoms with E-state index in [9.17, 15) is 14.9 Å². The van der Waals surface area contributed by atoms with Gasteiger partial charge >= 0.3 is 0 Å². The molecule has 0 unspecified atom stereocenters. The molecule has 16 heavy (non-hydrogen) atoms. The molecule has 6 heteroatoms. The van der Waals surface area contributed by atoms with E-state index in [4.69, 9.17) is 10.5 Å². The maximum atomic E-state index is 10.7. The summed E-state index contributed by atoms with van der Waals surface area (Å²) in [6.07, 6.45) is 0.353. The highest BCUT2D eigenvalue weighted by molar-refractivity contribution is 5.63. The van der Waals surface area contributed by atoms with Crippen molar-refractivity contribution in [1.82, 2.24) is 0 Å². The largest absolute Gasteiger partial charge is 0.303 e. The Hall–Kier alpha value is -2.73. The number of nitriles is 2. The van der Waals surface area contributed by atoms with Crippen LogP contribution in [0.3, 0.4) is 0 Å². The van der Waals surface area contributed by atoms with E-state index >= 15 is 0 Å². The van der Waals surface area contributed by atoms with Gasteiger partial charge in [0.25, 0.3) is 5.69 Å². The Morgan fingerprint density at radius 3 is 2.31 bits per heavy atom. The Balaban J connectivity index is 3.50. The minimum atomic E-state index is -0.680. The van der Waals surface area contributed by atoms with Crippen LogP contribution >= 0.6 is 0 Å². The monoisotopic (exact) mass is 215 g/mol. The van der Waals surface area contributed by atoms with Gasteiger partial charge < -0.3 is 4.79 Å². The lowest BCUT2D eigenvalue weighted by atomic mass is 10.0. The molecule has 1 rings (SSSR count). The van der Waals surface area contributed by atoms with Crippen LogP contribution in [0, 0.1) is 32.8 Å². The number of carbonyl (C=O) groups is 1. The number of nitro groups is 1. The first-order chi connectivity index (χ1) is 7.63. The van der Waals surface area contributed by atoms with Crippen molar-refractivity contribution in [3.8, 4) is 12.1 Å². The lowest BCUT2D eigenvalue weighted by Gasteiger charge is -2.01. The molecule has 0 fully saturated rings. The molecule has 6 nitrogen and oxygen atoms in total. The van der Waals surface area contributed by atoms with Crippen molar-refractivity contribution < 1.29 is 9.72 Å². The summed E-state index contributed by atoms with van der Waals surface area (Å²) < 4.78 is 0. The Morgan fingerprint density at radius 1 is 1.31 bits per heavy atom. The molecule has 0 aliphatic heterocycles. The third-order valence-corrected chi connectivity index (χ3v) is 1.96. The lowest BCUT2D eigenvalue weighted by Crippen LogP contribution is -1.99. The van der Waals surface area contributed by atoms with Gasteiger partial charge in [-0.15, -0.1) is 0 Å². The number of aldehydes is 1. The minimum Gasteiger partial charge on any atom is -0.303 e. The van der Waals surface area contributed by atoms with Gasteiger partial charge in [-0.05, 0) is 6.07 Å². The van der Waals surface area contributed by atoms with Gasteiger partial charge in [0, 0.05) is 18.1 Å². The van der Waals surface area contributed by atoms with Gasteiger partial charge in [0.15, 0.2) is 0 Å². The van der Waals surface area contributed by atoms with Crippen molar-refractivity contribution in [2.24, 2.45) is 0 Å². The van der Waals surface area contributed by atoms with E-state index in [1.54, 1.807) is 12.1 Å². The van der Waals surface area contributed by atoms with Crippen molar-refractivity contribution >= 4 is 12.0 Å². The molecule has 0 aliphatic carbocycles. The Kier molecular flexibility index (Phi) is 3.31. The fourth-order valence-corrected chi connectivity index (χ4v) is 1.24. The van der Waals surface area contributed by atoms with Crippen LogP contribution < -0.4 is 0 Å². The standard InChI is InChI=1S/C10H5N3O3/c11-5-8-3-7(1-2-14)10(13(15)16)4-9(8)6-12/h2-4H,1H2. The van der Waals surface area contributed by atoms with Gasteiger partial charge in [0.1, 0.15) is 18.4 Å². The minimum absolute atomic E-state index is 0.0324. The number of nitrogens with zero attached hydrogens (tertiary/aromatic N) is 3. The zero-order valence-electron chi connectivity index (χ0n) is 8.01. The molecule has 0 spiro atoms. The summed E-state index contributed by atoms with van der Waals surface area (Å²) in [6, 6.07) is 5.66. The van der Waals surface area contributed by atoms with Crippen molar-refractivity contribution in [2.45, 2.75) is 6.42 Å². The molecule has 0 atom stereocenters. The molecule has 1 aromatic carbocycles. The third kappa shape index (κ3) is 2.02. The van der Waals surface area contributed by atoms with Gasteiger partial charge in [-0.2, -0.15) is 10.5 Å². The Morgan fingerprint density at radius 2 is 1.88 bits per heavy atom. The first-order valence-electron chi connectivity index (χ1n) is 4.19. The first-order valence-corrected chi connectivity index (χ1v) is 4.19. The van der Waals surface area contributed by atoms with Crippen LogP contribution in [0.25, 0.3) is 0 Å². The molecule has 0 saturated carbocycles. The topological polar surface area (TPSA) is 108 Å². The van der Waals surface area contributed by atoms with Crippen LogP contribution in [-0.4, -0.2) is 11.2 Å². The summed E-state index contributed by atoms with van der Waals surface area (Å²) in [5, 5.41) is 28.1. The molecule has 78 valence electrons. The van der Waals surface area contributed by atoms with E-state index in [0.717, 1.165) is 6.07 Å². The van der Waals surface area contributed by atoms with Crippen LogP contribution in [0.15, 0.2) is 12.1 Å². The second-order valence-electron chi connectivity index (χ2n) is 2.88. The molecule has 0 N–H and O–H groups in total. The van der Waals surface area contributed by atoms with Gasteiger partial charge in [0.2, 0.25) is 0 Å². The van der Waals surface area contributed by atoms with Gasteiger partial charge in [-0.25, -0.2) is 0 Å². The van der Waals surface area contributed by atoms with Crippen LogP contribution in [-0.2, 0) is 11.2 Å². The van der Waals surface area contributed by atoms with Crippen molar-refractivity contribution in [2.75, 3.05) is 0 Å². The molecule has 0 saturated heterocycles. The SMILES string of the molecule is N#Cc1cc(CC=O)c([N+](=O)[O-])cc1C#N. The van der Waals surface area contributed by atoms with Crippen molar-refractivity contribution in [3.05, 3.63) is 38.9 Å². The fourth-order valence-electron chi connectivity index (χ4n) is 1.24. The van der Waals surface area contributed by atoms with E-state index in [0.29, 0.717) is 6.29 Å². The molecule has 0 aliphatic rings. The van der Waals surface area contributed by atoms with Crippen LogP contribution in [0.2, 0.25) is 0 Å². The fraction of sp³-hybridized carbons (Fsp3) is 0.100. The molecule has 0 radical (unpaired) electrons. The zero-order valence-corrected chi connectivity index (χ0v) is 8.01. The number of hydrogen-bond acceptors (Lipinski definition) is 5. The molecule has 1 aromatic rings. The summed E-state index contributed by atoms with van der Waals surface area (Å²) in [4.78, 5) is 20.3. The highest BCUT2D eigenvalue weighted by Gasteiger charge is 2.17. The summed E-state index contributed by atoms with van der Waals surface area (Å²) in [7, 11) is 0.